The zero-order chi connectivity index (χ0) is 24.4. The molecule has 0 bridgehead atoms. The molecule has 0 atom stereocenters. The van der Waals surface area contributed by atoms with Gasteiger partial charge in [0.2, 0.25) is 0 Å². The van der Waals surface area contributed by atoms with Crippen molar-refractivity contribution in [3.63, 3.8) is 0 Å². The number of allylic oxidation sites excluding steroid dienone is 1. The molecule has 0 aliphatic carbocycles. The van der Waals surface area contributed by atoms with Gasteiger partial charge in [0, 0.05) is 11.1 Å². The smallest absolute Gasteiger partial charge is 0.282 e. The van der Waals surface area contributed by atoms with E-state index >= 15 is 0 Å². The number of fused-ring (bicyclic) bond motifs is 1. The molecule has 5 aromatic rings. The van der Waals surface area contributed by atoms with Crippen LogP contribution in [0.4, 0.5) is 5.69 Å². The Morgan fingerprint density at radius 3 is 2.29 bits per heavy atom. The number of benzene rings is 3. The zero-order valence-corrected chi connectivity index (χ0v) is 19.3. The highest BCUT2D eigenvalue weighted by Crippen LogP contribution is 2.35. The minimum Gasteiger partial charge on any atom is -0.390 e. The van der Waals surface area contributed by atoms with Gasteiger partial charge in [-0.15, -0.1) is 0 Å². The molecule has 2 aromatic heterocycles. The molecule has 0 aliphatic rings. The number of aliphatic hydroxyl groups excluding tert-OH is 1. The minimum absolute atomic E-state index is 0.312. The Kier molecular flexibility index (Phi) is 5.95. The zero-order valence-electron chi connectivity index (χ0n) is 19.3. The summed E-state index contributed by atoms with van der Waals surface area (Å²) in [5.74, 6) is 0. The van der Waals surface area contributed by atoms with Crippen LogP contribution in [0.1, 0.15) is 18.2 Å². The summed E-state index contributed by atoms with van der Waals surface area (Å²) in [4.78, 5) is 21.3. The molecule has 0 unspecified atom stereocenters. The van der Waals surface area contributed by atoms with E-state index in [9.17, 15) is 9.90 Å². The van der Waals surface area contributed by atoms with Crippen LogP contribution in [0, 0.1) is 0 Å². The van der Waals surface area contributed by atoms with Gasteiger partial charge in [-0.2, -0.15) is 9.61 Å². The molecule has 35 heavy (non-hydrogen) atoms. The number of hydrogen-bond acceptors (Lipinski definition) is 4. The fourth-order valence-electron chi connectivity index (χ4n) is 4.38. The number of nitrogens with one attached hydrogen (secondary N) is 1. The topological polar surface area (TPSA) is 82.8 Å². The van der Waals surface area contributed by atoms with Crippen LogP contribution in [0.3, 0.4) is 0 Å². The van der Waals surface area contributed by atoms with Gasteiger partial charge in [-0.25, -0.2) is 0 Å². The lowest BCUT2D eigenvalue weighted by molar-refractivity contribution is 0.277. The molecule has 0 fully saturated rings. The van der Waals surface area contributed by atoms with Crippen molar-refractivity contribution in [1.29, 1.82) is 0 Å². The second kappa shape index (κ2) is 9.37. The average Bonchev–Trinajstić information content (AvgIpc) is 3.29. The molecule has 172 valence electrons. The summed E-state index contributed by atoms with van der Waals surface area (Å²) in [6.07, 6.45) is 3.81. The number of rotatable bonds is 6. The molecule has 0 aliphatic heterocycles. The molecule has 0 spiro atoms. The Balaban J connectivity index is 1.85. The van der Waals surface area contributed by atoms with E-state index in [0.717, 1.165) is 22.3 Å². The van der Waals surface area contributed by atoms with Crippen molar-refractivity contribution < 1.29 is 5.11 Å². The Bertz CT molecular complexity index is 1610. The second-order valence-corrected chi connectivity index (χ2v) is 8.09. The van der Waals surface area contributed by atoms with Crippen molar-refractivity contribution in [2.75, 3.05) is 0 Å². The molecule has 0 saturated heterocycles. The first-order valence-corrected chi connectivity index (χ1v) is 11.3. The largest absolute Gasteiger partial charge is 0.390 e. The molecule has 3 aromatic carbocycles. The van der Waals surface area contributed by atoms with Crippen molar-refractivity contribution in [2.24, 2.45) is 4.99 Å². The van der Waals surface area contributed by atoms with Gasteiger partial charge in [0.05, 0.1) is 29.1 Å². The Morgan fingerprint density at radius 1 is 0.971 bits per heavy atom. The molecule has 2 N–H and O–H groups in total. The van der Waals surface area contributed by atoms with Gasteiger partial charge in [0.25, 0.3) is 5.56 Å². The van der Waals surface area contributed by atoms with Crippen LogP contribution < -0.4 is 5.56 Å². The summed E-state index contributed by atoms with van der Waals surface area (Å²) in [5, 5.41) is 15.0. The van der Waals surface area contributed by atoms with E-state index in [-0.39, 0.29) is 12.2 Å². The molecule has 0 amide bonds. The Labute approximate surface area is 202 Å². The third-order valence-corrected chi connectivity index (χ3v) is 5.96. The van der Waals surface area contributed by atoms with E-state index in [4.69, 9.17) is 5.10 Å². The first-order valence-electron chi connectivity index (χ1n) is 11.3. The van der Waals surface area contributed by atoms with Gasteiger partial charge in [0.1, 0.15) is 11.3 Å². The van der Waals surface area contributed by atoms with E-state index in [1.807, 2.05) is 97.9 Å². The van der Waals surface area contributed by atoms with E-state index in [2.05, 4.69) is 16.7 Å². The van der Waals surface area contributed by atoms with Crippen molar-refractivity contribution in [3.05, 3.63) is 107 Å². The highest BCUT2D eigenvalue weighted by molar-refractivity contribution is 5.91. The lowest BCUT2D eigenvalue weighted by Crippen LogP contribution is -2.20. The predicted molar refractivity (Wildman–Crippen MR) is 142 cm³/mol. The number of aromatic nitrogens is 3. The molecular formula is C29H24N4O2. The maximum atomic E-state index is 13.9. The summed E-state index contributed by atoms with van der Waals surface area (Å²) < 4.78 is 1.40. The van der Waals surface area contributed by atoms with Crippen molar-refractivity contribution in [2.45, 2.75) is 13.5 Å². The van der Waals surface area contributed by atoms with Gasteiger partial charge >= 0.3 is 0 Å². The van der Waals surface area contributed by atoms with E-state index < -0.39 is 0 Å². The third-order valence-electron chi connectivity index (χ3n) is 5.96. The third kappa shape index (κ3) is 3.90. The second-order valence-electron chi connectivity index (χ2n) is 8.09. The van der Waals surface area contributed by atoms with Crippen LogP contribution in [-0.2, 0) is 6.61 Å². The Morgan fingerprint density at radius 2 is 1.66 bits per heavy atom. The number of aliphatic hydroxyl groups is 1. The number of H-pyrrole nitrogens is 1. The highest BCUT2D eigenvalue weighted by Gasteiger charge is 2.22. The SMILES string of the molecule is C=Nc1ccc(-c2c(CO)[nH]c3c(-c4ccccc4)c(-c4ccccc4)nn3c2=O)cc1/C=C\C. The number of nitrogens with zero attached hydrogens (tertiary/aromatic N) is 3. The number of aromatic amines is 1. The van der Waals surface area contributed by atoms with Crippen molar-refractivity contribution >= 4 is 24.1 Å². The lowest BCUT2D eigenvalue weighted by atomic mass is 10.00. The van der Waals surface area contributed by atoms with E-state index in [1.54, 1.807) is 0 Å². The minimum atomic E-state index is -0.332. The quantitative estimate of drug-likeness (QED) is 0.310. The predicted octanol–water partition coefficient (Wildman–Crippen LogP) is 5.88. The van der Waals surface area contributed by atoms with Crippen molar-refractivity contribution in [3.8, 4) is 33.5 Å². The molecule has 0 radical (unpaired) electrons. The van der Waals surface area contributed by atoms with E-state index in [0.29, 0.717) is 33.8 Å². The van der Waals surface area contributed by atoms with Gasteiger partial charge in [-0.1, -0.05) is 78.9 Å². The number of aliphatic imine (C=N–C) groups is 1. The fourth-order valence-corrected chi connectivity index (χ4v) is 4.38. The van der Waals surface area contributed by atoms with Crippen LogP contribution in [-0.4, -0.2) is 26.4 Å². The normalized spacial score (nSPS) is 11.4. The summed E-state index contributed by atoms with van der Waals surface area (Å²) in [6, 6.07) is 25.1. The molecule has 6 heteroatoms. The maximum Gasteiger partial charge on any atom is 0.282 e. The highest BCUT2D eigenvalue weighted by atomic mass is 16.3. The van der Waals surface area contributed by atoms with Gasteiger partial charge in [0.15, 0.2) is 0 Å². The van der Waals surface area contributed by atoms with Gasteiger partial charge in [-0.3, -0.25) is 9.79 Å². The first kappa shape index (κ1) is 22.3. The first-order chi connectivity index (χ1) is 17.2. The average molecular weight is 461 g/mol. The number of hydrogen-bond donors (Lipinski definition) is 2. The molecule has 0 saturated carbocycles. The summed E-state index contributed by atoms with van der Waals surface area (Å²) in [6.45, 7) is 5.22. The van der Waals surface area contributed by atoms with Crippen LogP contribution in [0.5, 0.6) is 0 Å². The van der Waals surface area contributed by atoms with Gasteiger partial charge < -0.3 is 10.1 Å². The maximum absolute atomic E-state index is 13.9. The monoisotopic (exact) mass is 460 g/mol. The summed E-state index contributed by atoms with van der Waals surface area (Å²) >= 11 is 0. The fraction of sp³-hybridized carbons (Fsp3) is 0.0690. The van der Waals surface area contributed by atoms with Gasteiger partial charge in [-0.05, 0) is 36.9 Å². The van der Waals surface area contributed by atoms with E-state index in [1.165, 1.54) is 4.52 Å². The lowest BCUT2D eigenvalue weighted by Gasteiger charge is -2.11. The molecular weight excluding hydrogens is 436 g/mol. The summed E-state index contributed by atoms with van der Waals surface area (Å²) in [5.41, 5.74) is 6.52. The molecule has 5 rings (SSSR count). The van der Waals surface area contributed by atoms with Crippen molar-refractivity contribution in [1.82, 2.24) is 14.6 Å². The Hall–Kier alpha value is -4.55. The van der Waals surface area contributed by atoms with Crippen LogP contribution in [0.2, 0.25) is 0 Å². The molecule has 2 heterocycles. The van der Waals surface area contributed by atoms with Crippen LogP contribution >= 0.6 is 0 Å². The van der Waals surface area contributed by atoms with Crippen LogP contribution in [0.15, 0.2) is 94.7 Å². The van der Waals surface area contributed by atoms with Crippen LogP contribution in [0.25, 0.3) is 45.2 Å². The summed E-state index contributed by atoms with van der Waals surface area (Å²) in [7, 11) is 0. The molecule has 6 nitrogen and oxygen atoms in total. The standard InChI is InChI=1S/C29H24N4O2/c1-3-10-21-17-22(15-16-23(21)30-2)25-24(18-34)31-28-26(19-11-6-4-7-12-19)27(32-33(28)29(25)35)20-13-8-5-9-14-20/h3-17,31,34H,2,18H2,1H3/b10-3-.